The fourth-order valence-corrected chi connectivity index (χ4v) is 2.95. The van der Waals surface area contributed by atoms with Gasteiger partial charge in [-0.2, -0.15) is 0 Å². The van der Waals surface area contributed by atoms with Crippen LogP contribution in [0.15, 0.2) is 18.3 Å². The highest BCUT2D eigenvalue weighted by Gasteiger charge is 2.17. The minimum Gasteiger partial charge on any atom is -0.480 e. The van der Waals surface area contributed by atoms with Crippen LogP contribution in [0.2, 0.25) is 0 Å². The number of nitrogens with one attached hydrogen (secondary N) is 2. The van der Waals surface area contributed by atoms with Crippen molar-refractivity contribution in [3.63, 3.8) is 0 Å². The van der Waals surface area contributed by atoms with Gasteiger partial charge < -0.3 is 20.3 Å². The molecule has 0 aromatic carbocycles. The Morgan fingerprint density at radius 3 is 3.09 bits per heavy atom. The molecule has 1 aromatic heterocycles. The monoisotopic (exact) mass is 320 g/mol. The fourth-order valence-electron chi connectivity index (χ4n) is 2.95. The van der Waals surface area contributed by atoms with Crippen molar-refractivity contribution in [1.29, 1.82) is 0 Å². The second kappa shape index (κ2) is 9.35. The summed E-state index contributed by atoms with van der Waals surface area (Å²) in [5.74, 6) is 0.418. The summed E-state index contributed by atoms with van der Waals surface area (Å²) in [5.41, 5.74) is 0.578. The van der Waals surface area contributed by atoms with E-state index in [4.69, 9.17) is 4.74 Å². The molecular weight excluding hydrogens is 292 g/mol. The summed E-state index contributed by atoms with van der Waals surface area (Å²) >= 11 is 0. The average Bonchev–Trinajstić information content (AvgIpc) is 2.56. The third kappa shape index (κ3) is 5.71. The number of amides is 2. The van der Waals surface area contributed by atoms with Crippen LogP contribution >= 0.6 is 0 Å². The van der Waals surface area contributed by atoms with Crippen LogP contribution in [0.3, 0.4) is 0 Å². The third-order valence-corrected chi connectivity index (χ3v) is 4.31. The smallest absolute Gasteiger partial charge is 0.319 e. The predicted octanol–water partition coefficient (Wildman–Crippen LogP) is 2.87. The molecule has 2 amide bonds. The van der Waals surface area contributed by atoms with Gasteiger partial charge in [0.2, 0.25) is 5.88 Å². The van der Waals surface area contributed by atoms with E-state index in [0.717, 1.165) is 19.4 Å². The van der Waals surface area contributed by atoms with E-state index in [-0.39, 0.29) is 6.03 Å². The molecule has 1 aromatic rings. The van der Waals surface area contributed by atoms with E-state index in [9.17, 15) is 4.79 Å². The van der Waals surface area contributed by atoms with Gasteiger partial charge in [0, 0.05) is 18.8 Å². The molecule has 23 heavy (non-hydrogen) atoms. The van der Waals surface area contributed by atoms with Gasteiger partial charge in [0.15, 0.2) is 0 Å². The van der Waals surface area contributed by atoms with Crippen LogP contribution < -0.4 is 15.4 Å². The van der Waals surface area contributed by atoms with Gasteiger partial charge in [0.05, 0.1) is 7.11 Å². The summed E-state index contributed by atoms with van der Waals surface area (Å²) in [4.78, 5) is 18.5. The highest BCUT2D eigenvalue weighted by Crippen LogP contribution is 2.19. The summed E-state index contributed by atoms with van der Waals surface area (Å²) in [5, 5.41) is 5.64. The molecule has 0 bridgehead atoms. The van der Waals surface area contributed by atoms with E-state index in [1.165, 1.54) is 32.9 Å². The zero-order valence-electron chi connectivity index (χ0n) is 14.2. The van der Waals surface area contributed by atoms with Crippen molar-refractivity contribution < 1.29 is 9.53 Å². The van der Waals surface area contributed by atoms with Crippen LogP contribution in [0, 0.1) is 0 Å². The molecule has 6 heteroatoms. The zero-order valence-corrected chi connectivity index (χ0v) is 14.2. The average molecular weight is 320 g/mol. The van der Waals surface area contributed by atoms with Gasteiger partial charge in [-0.3, -0.25) is 0 Å². The van der Waals surface area contributed by atoms with Crippen molar-refractivity contribution in [2.75, 3.05) is 32.1 Å². The Balaban J connectivity index is 1.61. The van der Waals surface area contributed by atoms with Crippen LogP contribution in [0.5, 0.6) is 5.88 Å². The third-order valence-electron chi connectivity index (χ3n) is 4.31. The topological polar surface area (TPSA) is 66.5 Å². The summed E-state index contributed by atoms with van der Waals surface area (Å²) in [6, 6.07) is 4.02. The van der Waals surface area contributed by atoms with Crippen LogP contribution in [-0.4, -0.2) is 48.7 Å². The van der Waals surface area contributed by atoms with Gasteiger partial charge in [-0.05, 0) is 57.8 Å². The number of likely N-dealkylation sites (tertiary alicyclic amines) is 1. The molecule has 1 fully saturated rings. The van der Waals surface area contributed by atoms with Crippen LogP contribution in [0.25, 0.3) is 0 Å². The molecule has 0 radical (unpaired) electrons. The number of aromatic nitrogens is 1. The highest BCUT2D eigenvalue weighted by molar-refractivity contribution is 5.90. The molecule has 1 aliphatic rings. The SMILES string of the molecule is COc1ncccc1NC(=O)NCCCCN1CCCC[C@@H]1C. The molecule has 1 saturated heterocycles. The lowest BCUT2D eigenvalue weighted by Gasteiger charge is -2.33. The zero-order chi connectivity index (χ0) is 16.5. The predicted molar refractivity (Wildman–Crippen MR) is 91.9 cm³/mol. The molecule has 0 aliphatic carbocycles. The Morgan fingerprint density at radius 2 is 2.30 bits per heavy atom. The Morgan fingerprint density at radius 1 is 1.43 bits per heavy atom. The van der Waals surface area contributed by atoms with Gasteiger partial charge in [0.1, 0.15) is 5.69 Å². The number of methoxy groups -OCH3 is 1. The minimum atomic E-state index is -0.220. The number of hydrogen-bond acceptors (Lipinski definition) is 4. The molecule has 128 valence electrons. The number of piperidine rings is 1. The lowest BCUT2D eigenvalue weighted by Crippen LogP contribution is -2.38. The van der Waals surface area contributed by atoms with Gasteiger partial charge in [0.25, 0.3) is 0 Å². The molecule has 0 spiro atoms. The first-order valence-electron chi connectivity index (χ1n) is 8.48. The molecular formula is C17H28N4O2. The van der Waals surface area contributed by atoms with E-state index < -0.39 is 0 Å². The van der Waals surface area contributed by atoms with Gasteiger partial charge in [-0.1, -0.05) is 6.42 Å². The first kappa shape index (κ1) is 17.5. The van der Waals surface area contributed by atoms with Crippen molar-refractivity contribution in [3.05, 3.63) is 18.3 Å². The van der Waals surface area contributed by atoms with E-state index in [1.807, 2.05) is 0 Å². The molecule has 0 saturated carbocycles. The van der Waals surface area contributed by atoms with Crippen molar-refractivity contribution >= 4 is 11.7 Å². The van der Waals surface area contributed by atoms with Gasteiger partial charge in [-0.15, -0.1) is 0 Å². The van der Waals surface area contributed by atoms with Gasteiger partial charge in [-0.25, -0.2) is 9.78 Å². The Labute approximate surface area is 138 Å². The highest BCUT2D eigenvalue weighted by atomic mass is 16.5. The summed E-state index contributed by atoms with van der Waals surface area (Å²) in [6.07, 6.45) is 7.72. The second-order valence-corrected chi connectivity index (χ2v) is 6.03. The lowest BCUT2D eigenvalue weighted by molar-refractivity contribution is 0.158. The van der Waals surface area contributed by atoms with Crippen molar-refractivity contribution in [2.45, 2.75) is 45.1 Å². The van der Waals surface area contributed by atoms with E-state index in [2.05, 4.69) is 27.4 Å². The van der Waals surface area contributed by atoms with Crippen LogP contribution in [0.4, 0.5) is 10.5 Å². The number of carbonyl (C=O) groups is 1. The molecule has 6 nitrogen and oxygen atoms in total. The van der Waals surface area contributed by atoms with Crippen molar-refractivity contribution in [2.24, 2.45) is 0 Å². The van der Waals surface area contributed by atoms with Gasteiger partial charge >= 0.3 is 6.03 Å². The first-order valence-corrected chi connectivity index (χ1v) is 8.48. The maximum Gasteiger partial charge on any atom is 0.319 e. The van der Waals surface area contributed by atoms with E-state index in [1.54, 1.807) is 18.3 Å². The molecule has 2 heterocycles. The van der Waals surface area contributed by atoms with Crippen LogP contribution in [0.1, 0.15) is 39.0 Å². The fraction of sp³-hybridized carbons (Fsp3) is 0.647. The van der Waals surface area contributed by atoms with Crippen molar-refractivity contribution in [1.82, 2.24) is 15.2 Å². The largest absolute Gasteiger partial charge is 0.480 e. The number of nitrogens with zero attached hydrogens (tertiary/aromatic N) is 2. The Bertz CT molecular complexity index is 495. The van der Waals surface area contributed by atoms with E-state index in [0.29, 0.717) is 24.2 Å². The first-order chi connectivity index (χ1) is 11.2. The number of ether oxygens (including phenoxy) is 1. The summed E-state index contributed by atoms with van der Waals surface area (Å²) in [7, 11) is 1.53. The summed E-state index contributed by atoms with van der Waals surface area (Å²) < 4.78 is 5.11. The maximum absolute atomic E-state index is 11.9. The Hall–Kier alpha value is -1.82. The summed E-state index contributed by atoms with van der Waals surface area (Å²) in [6.45, 7) is 5.33. The molecule has 0 unspecified atom stereocenters. The number of anilines is 1. The number of urea groups is 1. The number of rotatable bonds is 7. The number of unbranched alkanes of at least 4 members (excludes halogenated alkanes) is 1. The second-order valence-electron chi connectivity index (χ2n) is 6.03. The number of pyridine rings is 1. The minimum absolute atomic E-state index is 0.220. The standard InChI is InChI=1S/C17H28N4O2/c1-14-8-3-5-12-21(14)13-6-4-10-19-17(22)20-15-9-7-11-18-16(15)23-2/h7,9,11,14H,3-6,8,10,12-13H2,1-2H3,(H2,19,20,22)/t14-/m0/s1. The normalized spacial score (nSPS) is 18.4. The Kier molecular flexibility index (Phi) is 7.13. The lowest BCUT2D eigenvalue weighted by atomic mass is 10.0. The molecule has 2 N–H and O–H groups in total. The number of carbonyl (C=O) groups excluding carboxylic acids is 1. The van der Waals surface area contributed by atoms with E-state index >= 15 is 0 Å². The number of hydrogen-bond donors (Lipinski definition) is 2. The molecule has 2 rings (SSSR count). The van der Waals surface area contributed by atoms with Crippen molar-refractivity contribution in [3.8, 4) is 5.88 Å². The van der Waals surface area contributed by atoms with Crippen LogP contribution in [-0.2, 0) is 0 Å². The molecule has 1 aliphatic heterocycles. The quantitative estimate of drug-likeness (QED) is 0.758. The maximum atomic E-state index is 11.9. The molecule has 1 atom stereocenters.